The van der Waals surface area contributed by atoms with Crippen LogP contribution in [0.4, 0.5) is 0 Å². The van der Waals surface area contributed by atoms with Crippen LogP contribution < -0.4 is 4.74 Å². The van der Waals surface area contributed by atoms with Crippen molar-refractivity contribution < 1.29 is 17.9 Å². The molecular formula is C19H28N2O4S. The molecule has 1 aromatic rings. The van der Waals surface area contributed by atoms with E-state index in [0.717, 1.165) is 45.2 Å². The van der Waals surface area contributed by atoms with Gasteiger partial charge in [-0.3, -0.25) is 4.79 Å². The third-order valence-electron chi connectivity index (χ3n) is 5.41. The lowest BCUT2D eigenvalue weighted by Crippen LogP contribution is -2.38. The normalized spacial score (nSPS) is 20.2. The van der Waals surface area contributed by atoms with Crippen LogP contribution in [0.1, 0.15) is 49.4 Å². The minimum atomic E-state index is -3.66. The Hall–Kier alpha value is -1.60. The van der Waals surface area contributed by atoms with E-state index in [1.54, 1.807) is 12.1 Å². The highest BCUT2D eigenvalue weighted by Crippen LogP contribution is 2.30. The molecule has 1 amide bonds. The number of nitrogens with zero attached hydrogens (tertiary/aromatic N) is 2. The summed E-state index contributed by atoms with van der Waals surface area (Å²) in [5.41, 5.74) is 0.413. The minimum absolute atomic E-state index is 0.0955. The van der Waals surface area contributed by atoms with Crippen molar-refractivity contribution in [1.82, 2.24) is 9.21 Å². The average molecular weight is 381 g/mol. The van der Waals surface area contributed by atoms with Crippen molar-refractivity contribution >= 4 is 15.9 Å². The van der Waals surface area contributed by atoms with E-state index in [-0.39, 0.29) is 10.8 Å². The van der Waals surface area contributed by atoms with Crippen LogP contribution >= 0.6 is 0 Å². The second-order valence-corrected chi connectivity index (χ2v) is 9.21. The molecular weight excluding hydrogens is 352 g/mol. The molecule has 0 unspecified atom stereocenters. The summed E-state index contributed by atoms with van der Waals surface area (Å²) in [5, 5.41) is 0. The maximum absolute atomic E-state index is 13.1. The number of sulfonamides is 1. The van der Waals surface area contributed by atoms with Gasteiger partial charge in [0.2, 0.25) is 10.0 Å². The molecule has 7 heteroatoms. The topological polar surface area (TPSA) is 66.9 Å². The minimum Gasteiger partial charge on any atom is -0.495 e. The maximum Gasteiger partial charge on any atom is 0.253 e. The Bertz CT molecular complexity index is 749. The molecule has 2 heterocycles. The zero-order valence-electron chi connectivity index (χ0n) is 15.6. The summed E-state index contributed by atoms with van der Waals surface area (Å²) in [7, 11) is -2.21. The first-order chi connectivity index (χ1) is 12.4. The van der Waals surface area contributed by atoms with Crippen molar-refractivity contribution in [1.29, 1.82) is 0 Å². The van der Waals surface area contributed by atoms with Crippen molar-refractivity contribution in [2.24, 2.45) is 5.92 Å². The number of carbonyl (C=O) groups excluding carboxylic acids is 1. The van der Waals surface area contributed by atoms with Crippen LogP contribution in [0.15, 0.2) is 23.1 Å². The van der Waals surface area contributed by atoms with Gasteiger partial charge in [-0.05, 0) is 49.8 Å². The average Bonchev–Trinajstić information content (AvgIpc) is 2.68. The van der Waals surface area contributed by atoms with E-state index in [2.05, 4.69) is 6.92 Å². The van der Waals surface area contributed by atoms with Gasteiger partial charge < -0.3 is 9.64 Å². The fourth-order valence-corrected chi connectivity index (χ4v) is 5.35. The van der Waals surface area contributed by atoms with Gasteiger partial charge in [0.05, 0.1) is 7.11 Å². The fourth-order valence-electron chi connectivity index (χ4n) is 3.65. The summed E-state index contributed by atoms with van der Waals surface area (Å²) < 4.78 is 33.0. The number of rotatable bonds is 4. The monoisotopic (exact) mass is 380 g/mol. The zero-order valence-corrected chi connectivity index (χ0v) is 16.4. The SMILES string of the molecule is COc1ccc(C(=O)N2CCC(C)CC2)cc1S(=O)(=O)N1CCCCC1. The zero-order chi connectivity index (χ0) is 18.7. The van der Waals surface area contributed by atoms with Crippen LogP contribution in [0, 0.1) is 5.92 Å². The predicted molar refractivity (Wildman–Crippen MR) is 99.9 cm³/mol. The molecule has 26 heavy (non-hydrogen) atoms. The van der Waals surface area contributed by atoms with E-state index in [0.29, 0.717) is 30.3 Å². The molecule has 3 rings (SSSR count). The molecule has 144 valence electrons. The number of hydrogen-bond donors (Lipinski definition) is 0. The summed E-state index contributed by atoms with van der Waals surface area (Å²) >= 11 is 0. The van der Waals surface area contributed by atoms with Crippen molar-refractivity contribution in [3.8, 4) is 5.75 Å². The first-order valence-corrected chi connectivity index (χ1v) is 10.8. The number of hydrogen-bond acceptors (Lipinski definition) is 4. The molecule has 0 aliphatic carbocycles. The Morgan fingerprint density at radius 1 is 1.08 bits per heavy atom. The number of likely N-dealkylation sites (tertiary alicyclic amines) is 1. The molecule has 2 fully saturated rings. The molecule has 0 N–H and O–H groups in total. The van der Waals surface area contributed by atoms with E-state index in [1.165, 1.54) is 17.5 Å². The van der Waals surface area contributed by atoms with Crippen LogP contribution in [-0.2, 0) is 10.0 Å². The van der Waals surface area contributed by atoms with Crippen molar-refractivity contribution in [3.05, 3.63) is 23.8 Å². The molecule has 0 spiro atoms. The molecule has 0 saturated carbocycles. The van der Waals surface area contributed by atoms with Crippen LogP contribution in [0.3, 0.4) is 0 Å². The maximum atomic E-state index is 13.1. The number of benzene rings is 1. The van der Waals surface area contributed by atoms with E-state index in [9.17, 15) is 13.2 Å². The van der Waals surface area contributed by atoms with E-state index >= 15 is 0 Å². The van der Waals surface area contributed by atoms with Gasteiger partial charge in [-0.25, -0.2) is 8.42 Å². The number of methoxy groups -OCH3 is 1. The number of carbonyl (C=O) groups is 1. The summed E-state index contributed by atoms with van der Waals surface area (Å²) in [5.74, 6) is 0.819. The first kappa shape index (κ1) is 19.2. The highest BCUT2D eigenvalue weighted by molar-refractivity contribution is 7.89. The Labute approximate surface area is 156 Å². The summed E-state index contributed by atoms with van der Waals surface area (Å²) in [6.45, 7) is 4.68. The summed E-state index contributed by atoms with van der Waals surface area (Å²) in [6, 6.07) is 4.74. The molecule has 2 saturated heterocycles. The van der Waals surface area contributed by atoms with Gasteiger partial charge in [-0.15, -0.1) is 0 Å². The molecule has 2 aliphatic heterocycles. The van der Waals surface area contributed by atoms with Gasteiger partial charge in [-0.1, -0.05) is 13.3 Å². The predicted octanol–water partition coefficient (Wildman–Crippen LogP) is 2.74. The Morgan fingerprint density at radius 2 is 1.73 bits per heavy atom. The van der Waals surface area contributed by atoms with Crippen LogP contribution in [0.2, 0.25) is 0 Å². The van der Waals surface area contributed by atoms with Gasteiger partial charge in [0.15, 0.2) is 0 Å². The molecule has 0 bridgehead atoms. The third-order valence-corrected chi connectivity index (χ3v) is 7.33. The fraction of sp³-hybridized carbons (Fsp3) is 0.632. The lowest BCUT2D eigenvalue weighted by molar-refractivity contribution is 0.0697. The van der Waals surface area contributed by atoms with E-state index in [4.69, 9.17) is 4.74 Å². The molecule has 0 aromatic heterocycles. The molecule has 2 aliphatic rings. The Kier molecular flexibility index (Phi) is 5.87. The van der Waals surface area contributed by atoms with E-state index in [1.807, 2.05) is 4.90 Å². The molecule has 1 aromatic carbocycles. The van der Waals surface area contributed by atoms with Gasteiger partial charge in [0, 0.05) is 31.7 Å². The van der Waals surface area contributed by atoms with Crippen molar-refractivity contribution in [3.63, 3.8) is 0 Å². The van der Waals surface area contributed by atoms with Crippen LogP contribution in [-0.4, -0.2) is 56.8 Å². The van der Waals surface area contributed by atoms with Crippen LogP contribution in [0.25, 0.3) is 0 Å². The summed E-state index contributed by atoms with van der Waals surface area (Å²) in [6.07, 6.45) is 4.76. The molecule has 0 atom stereocenters. The Morgan fingerprint density at radius 3 is 2.35 bits per heavy atom. The van der Waals surface area contributed by atoms with Crippen LogP contribution in [0.5, 0.6) is 5.75 Å². The van der Waals surface area contributed by atoms with Crippen molar-refractivity contribution in [2.45, 2.75) is 43.9 Å². The second-order valence-electron chi connectivity index (χ2n) is 7.31. The van der Waals surface area contributed by atoms with E-state index < -0.39 is 10.0 Å². The highest BCUT2D eigenvalue weighted by atomic mass is 32.2. The second kappa shape index (κ2) is 7.96. The largest absolute Gasteiger partial charge is 0.495 e. The van der Waals surface area contributed by atoms with Gasteiger partial charge in [-0.2, -0.15) is 4.31 Å². The Balaban J connectivity index is 1.90. The standard InChI is InChI=1S/C19H28N2O4S/c1-15-8-12-20(13-9-15)19(22)16-6-7-17(25-2)18(14-16)26(23,24)21-10-4-3-5-11-21/h6-7,14-15H,3-5,8-13H2,1-2H3. The first-order valence-electron chi connectivity index (χ1n) is 9.41. The molecule has 6 nitrogen and oxygen atoms in total. The van der Waals surface area contributed by atoms with Gasteiger partial charge >= 0.3 is 0 Å². The smallest absolute Gasteiger partial charge is 0.253 e. The number of piperidine rings is 2. The quantitative estimate of drug-likeness (QED) is 0.806. The summed E-state index contributed by atoms with van der Waals surface area (Å²) in [4.78, 5) is 14.8. The van der Waals surface area contributed by atoms with Gasteiger partial charge in [0.1, 0.15) is 10.6 Å². The highest BCUT2D eigenvalue weighted by Gasteiger charge is 2.30. The lowest BCUT2D eigenvalue weighted by Gasteiger charge is -2.30. The number of amides is 1. The van der Waals surface area contributed by atoms with Crippen molar-refractivity contribution in [2.75, 3.05) is 33.3 Å². The lowest BCUT2D eigenvalue weighted by atomic mass is 9.98. The van der Waals surface area contributed by atoms with Gasteiger partial charge in [0.25, 0.3) is 5.91 Å². The number of ether oxygens (including phenoxy) is 1. The molecule has 0 radical (unpaired) electrons. The third kappa shape index (κ3) is 3.88.